The number of carbonyl (C=O) groups excluding carboxylic acids is 1. The van der Waals surface area contributed by atoms with Crippen LogP contribution in [0.25, 0.3) is 6.08 Å². The van der Waals surface area contributed by atoms with E-state index in [4.69, 9.17) is 16.3 Å². The average Bonchev–Trinajstić information content (AvgIpc) is 2.87. The maximum atomic E-state index is 11.6. The molecule has 0 radical (unpaired) electrons. The molecule has 2 aromatic carbocycles. The van der Waals surface area contributed by atoms with E-state index in [0.29, 0.717) is 28.7 Å². The van der Waals surface area contributed by atoms with E-state index in [1.807, 2.05) is 42.5 Å². The Morgan fingerprint density at radius 2 is 2.00 bits per heavy atom. The van der Waals surface area contributed by atoms with E-state index in [1.54, 1.807) is 13.0 Å². The van der Waals surface area contributed by atoms with Gasteiger partial charge in [-0.1, -0.05) is 35.0 Å². The predicted molar refractivity (Wildman–Crippen MR) is 97.1 cm³/mol. The van der Waals surface area contributed by atoms with Gasteiger partial charge in [-0.25, -0.2) is 4.79 Å². The summed E-state index contributed by atoms with van der Waals surface area (Å²) in [5.41, 5.74) is 2.90. The molecule has 1 aliphatic rings. The second kappa shape index (κ2) is 7.20. The van der Waals surface area contributed by atoms with Crippen molar-refractivity contribution in [2.45, 2.75) is 13.5 Å². The second-order valence-corrected chi connectivity index (χ2v) is 6.51. The standard InChI is InChI=1S/C18H13BrClNO3/c1-11-15(18(22)24-21-11)8-13-4-7-17(16(19)9-13)23-10-12-2-5-14(20)6-3-12/h2-9H,10H2,1H3/b15-8+. The molecule has 0 spiro atoms. The van der Waals surface area contributed by atoms with Gasteiger partial charge in [0.05, 0.1) is 15.8 Å². The molecule has 0 fully saturated rings. The summed E-state index contributed by atoms with van der Waals surface area (Å²) in [5.74, 6) is 0.276. The Kier molecular flexibility index (Phi) is 5.02. The van der Waals surface area contributed by atoms with Crippen LogP contribution in [0.2, 0.25) is 5.02 Å². The van der Waals surface area contributed by atoms with Crippen molar-refractivity contribution in [1.29, 1.82) is 0 Å². The Morgan fingerprint density at radius 3 is 2.62 bits per heavy atom. The van der Waals surface area contributed by atoms with E-state index in [1.165, 1.54) is 0 Å². The predicted octanol–water partition coefficient (Wildman–Crippen LogP) is 5.00. The highest BCUT2D eigenvalue weighted by Crippen LogP contribution is 2.28. The molecule has 0 bridgehead atoms. The van der Waals surface area contributed by atoms with Gasteiger partial charge in [0.2, 0.25) is 0 Å². The van der Waals surface area contributed by atoms with Crippen molar-refractivity contribution in [1.82, 2.24) is 0 Å². The summed E-state index contributed by atoms with van der Waals surface area (Å²) in [6.45, 7) is 2.17. The molecule has 1 aliphatic heterocycles. The molecule has 0 amide bonds. The first-order valence-corrected chi connectivity index (χ1v) is 8.35. The van der Waals surface area contributed by atoms with E-state index in [-0.39, 0.29) is 0 Å². The lowest BCUT2D eigenvalue weighted by molar-refractivity contribution is -0.136. The van der Waals surface area contributed by atoms with Crippen LogP contribution in [0.3, 0.4) is 0 Å². The van der Waals surface area contributed by atoms with Gasteiger partial charge in [0.25, 0.3) is 0 Å². The average molecular weight is 407 g/mol. The Labute approximate surface area is 152 Å². The first kappa shape index (κ1) is 16.7. The van der Waals surface area contributed by atoms with Crippen LogP contribution in [0, 0.1) is 0 Å². The number of hydrogen-bond donors (Lipinski definition) is 0. The van der Waals surface area contributed by atoms with Crippen LogP contribution in [-0.4, -0.2) is 11.7 Å². The van der Waals surface area contributed by atoms with Gasteiger partial charge in [-0.15, -0.1) is 0 Å². The van der Waals surface area contributed by atoms with Crippen LogP contribution in [0.4, 0.5) is 0 Å². The molecule has 0 atom stereocenters. The van der Waals surface area contributed by atoms with E-state index in [9.17, 15) is 4.79 Å². The zero-order chi connectivity index (χ0) is 17.1. The fourth-order valence-corrected chi connectivity index (χ4v) is 2.79. The molecule has 122 valence electrons. The Hall–Kier alpha value is -2.11. The van der Waals surface area contributed by atoms with Crippen molar-refractivity contribution in [2.24, 2.45) is 5.16 Å². The molecule has 3 rings (SSSR count). The molecule has 0 saturated carbocycles. The van der Waals surface area contributed by atoms with E-state index in [2.05, 4.69) is 25.9 Å². The lowest BCUT2D eigenvalue weighted by atomic mass is 10.1. The third-order valence-corrected chi connectivity index (χ3v) is 4.32. The molecule has 0 unspecified atom stereocenters. The number of halogens is 2. The highest BCUT2D eigenvalue weighted by molar-refractivity contribution is 9.10. The molecule has 2 aromatic rings. The van der Waals surface area contributed by atoms with Crippen LogP contribution in [0.1, 0.15) is 18.1 Å². The summed E-state index contributed by atoms with van der Waals surface area (Å²) >= 11 is 9.36. The fourth-order valence-electron chi connectivity index (χ4n) is 2.15. The molecule has 0 aromatic heterocycles. The number of ether oxygens (including phenoxy) is 1. The third kappa shape index (κ3) is 3.86. The number of carbonyl (C=O) groups is 1. The topological polar surface area (TPSA) is 47.9 Å². The number of benzene rings is 2. The zero-order valence-corrected chi connectivity index (χ0v) is 15.1. The normalized spacial score (nSPS) is 15.4. The van der Waals surface area contributed by atoms with Gasteiger partial charge < -0.3 is 9.57 Å². The quantitative estimate of drug-likeness (QED) is 0.530. The molecule has 6 heteroatoms. The third-order valence-electron chi connectivity index (χ3n) is 3.45. The lowest BCUT2D eigenvalue weighted by Gasteiger charge is -2.09. The number of nitrogens with zero attached hydrogens (tertiary/aromatic N) is 1. The van der Waals surface area contributed by atoms with E-state index in [0.717, 1.165) is 15.6 Å². The number of rotatable bonds is 4. The molecule has 0 N–H and O–H groups in total. The Morgan fingerprint density at radius 1 is 1.25 bits per heavy atom. The lowest BCUT2D eigenvalue weighted by Crippen LogP contribution is -2.01. The minimum Gasteiger partial charge on any atom is -0.488 e. The van der Waals surface area contributed by atoms with Crippen molar-refractivity contribution in [3.05, 3.63) is 68.7 Å². The van der Waals surface area contributed by atoms with Crippen molar-refractivity contribution >= 4 is 45.3 Å². The molecular weight excluding hydrogens is 394 g/mol. The van der Waals surface area contributed by atoms with Gasteiger partial charge >= 0.3 is 5.97 Å². The molecule has 24 heavy (non-hydrogen) atoms. The van der Waals surface area contributed by atoms with E-state index < -0.39 is 5.97 Å². The van der Waals surface area contributed by atoms with Crippen molar-refractivity contribution in [2.75, 3.05) is 0 Å². The molecule has 0 aliphatic carbocycles. The number of hydrogen-bond acceptors (Lipinski definition) is 4. The minimum absolute atomic E-state index is 0.438. The first-order chi connectivity index (χ1) is 11.5. The summed E-state index contributed by atoms with van der Waals surface area (Å²) < 4.78 is 6.60. The van der Waals surface area contributed by atoms with Gasteiger partial charge in [0, 0.05) is 5.02 Å². The van der Waals surface area contributed by atoms with Gasteiger partial charge in [0.15, 0.2) is 0 Å². The Bertz CT molecular complexity index is 844. The fraction of sp³-hybridized carbons (Fsp3) is 0.111. The van der Waals surface area contributed by atoms with Gasteiger partial charge in [0.1, 0.15) is 12.4 Å². The minimum atomic E-state index is -0.438. The maximum Gasteiger partial charge on any atom is 0.367 e. The van der Waals surface area contributed by atoms with Crippen molar-refractivity contribution < 1.29 is 14.4 Å². The van der Waals surface area contributed by atoms with Gasteiger partial charge in [-0.3, -0.25) is 0 Å². The Balaban J connectivity index is 1.73. The molecule has 4 nitrogen and oxygen atoms in total. The molecule has 1 heterocycles. The molecule has 0 saturated heterocycles. The van der Waals surface area contributed by atoms with Crippen molar-refractivity contribution in [3.63, 3.8) is 0 Å². The second-order valence-electron chi connectivity index (χ2n) is 5.22. The van der Waals surface area contributed by atoms with E-state index >= 15 is 0 Å². The van der Waals surface area contributed by atoms with Gasteiger partial charge in [-0.05, 0) is 64.3 Å². The van der Waals surface area contributed by atoms with Crippen LogP contribution >= 0.6 is 27.5 Å². The summed E-state index contributed by atoms with van der Waals surface area (Å²) in [5, 5.41) is 4.35. The summed E-state index contributed by atoms with van der Waals surface area (Å²) in [4.78, 5) is 16.2. The van der Waals surface area contributed by atoms with Crippen LogP contribution < -0.4 is 4.74 Å². The zero-order valence-electron chi connectivity index (χ0n) is 12.8. The highest BCUT2D eigenvalue weighted by Gasteiger charge is 2.21. The highest BCUT2D eigenvalue weighted by atomic mass is 79.9. The van der Waals surface area contributed by atoms with Crippen LogP contribution in [0.5, 0.6) is 5.75 Å². The maximum absolute atomic E-state index is 11.6. The first-order valence-electron chi connectivity index (χ1n) is 7.18. The monoisotopic (exact) mass is 405 g/mol. The molecular formula is C18H13BrClNO3. The largest absolute Gasteiger partial charge is 0.488 e. The summed E-state index contributed by atoms with van der Waals surface area (Å²) in [6.07, 6.45) is 1.74. The summed E-state index contributed by atoms with van der Waals surface area (Å²) in [7, 11) is 0. The summed E-state index contributed by atoms with van der Waals surface area (Å²) in [6, 6.07) is 13.1. The smallest absolute Gasteiger partial charge is 0.367 e. The van der Waals surface area contributed by atoms with Crippen LogP contribution in [-0.2, 0) is 16.2 Å². The van der Waals surface area contributed by atoms with Crippen LogP contribution in [0.15, 0.2) is 57.7 Å². The van der Waals surface area contributed by atoms with Gasteiger partial charge in [-0.2, -0.15) is 0 Å². The number of oxime groups is 1. The van der Waals surface area contributed by atoms with Crippen molar-refractivity contribution in [3.8, 4) is 5.75 Å². The SMILES string of the molecule is CC1=NOC(=O)/C1=C/c1ccc(OCc2ccc(Cl)cc2)c(Br)c1.